The van der Waals surface area contributed by atoms with Crippen LogP contribution < -0.4 is 10.1 Å². The van der Waals surface area contributed by atoms with Crippen LogP contribution in [0.3, 0.4) is 0 Å². The van der Waals surface area contributed by atoms with E-state index in [4.69, 9.17) is 9.15 Å². The van der Waals surface area contributed by atoms with Crippen LogP contribution in [0.25, 0.3) is 11.5 Å². The van der Waals surface area contributed by atoms with Gasteiger partial charge in [0, 0.05) is 25.7 Å². The number of ether oxygens (including phenoxy) is 1. The molecule has 0 atom stereocenters. The number of aromatic nitrogens is 1. The van der Waals surface area contributed by atoms with E-state index in [1.54, 1.807) is 7.05 Å². The van der Waals surface area contributed by atoms with Crippen molar-refractivity contribution in [1.29, 1.82) is 0 Å². The van der Waals surface area contributed by atoms with Gasteiger partial charge >= 0.3 is 5.97 Å². The van der Waals surface area contributed by atoms with Crippen molar-refractivity contribution in [1.82, 2.24) is 15.2 Å². The molecule has 0 radical (unpaired) electrons. The summed E-state index contributed by atoms with van der Waals surface area (Å²) in [5.74, 6) is 0.671. The highest BCUT2D eigenvalue weighted by atomic mass is 16.5. The molecule has 1 heterocycles. The van der Waals surface area contributed by atoms with Crippen LogP contribution in [0.4, 0.5) is 0 Å². The summed E-state index contributed by atoms with van der Waals surface area (Å²) < 4.78 is 11.7. The largest absolute Gasteiger partial charge is 0.478 e. The van der Waals surface area contributed by atoms with E-state index < -0.39 is 11.6 Å². The summed E-state index contributed by atoms with van der Waals surface area (Å²) in [6, 6.07) is 13.6. The highest BCUT2D eigenvalue weighted by Gasteiger charge is 2.30. The van der Waals surface area contributed by atoms with Crippen LogP contribution in [-0.2, 0) is 22.7 Å². The number of carbonyl (C=O) groups excluding carboxylic acids is 1. The Labute approximate surface area is 205 Å². The van der Waals surface area contributed by atoms with Gasteiger partial charge in [0.25, 0.3) is 0 Å². The van der Waals surface area contributed by atoms with E-state index in [9.17, 15) is 14.7 Å². The number of rotatable bonds is 10. The number of hydrogen-bond donors (Lipinski definition) is 2. The minimum atomic E-state index is -1.34. The molecule has 0 aliphatic carbocycles. The lowest BCUT2D eigenvalue weighted by Gasteiger charge is -2.25. The molecule has 0 saturated carbocycles. The fourth-order valence-electron chi connectivity index (χ4n) is 3.79. The van der Waals surface area contributed by atoms with Crippen LogP contribution in [0.5, 0.6) is 5.75 Å². The van der Waals surface area contributed by atoms with Gasteiger partial charge in [0.15, 0.2) is 5.60 Å². The van der Waals surface area contributed by atoms with Crippen molar-refractivity contribution < 1.29 is 23.8 Å². The monoisotopic (exact) mass is 479 g/mol. The predicted molar refractivity (Wildman–Crippen MR) is 133 cm³/mol. The molecule has 2 aromatic carbocycles. The van der Waals surface area contributed by atoms with Gasteiger partial charge in [0.2, 0.25) is 11.8 Å². The standard InChI is InChI=1S/C27H33N3O5/c1-17-12-20(13-18(2)24(17)35-27(4,5)26(32)33)14-30(16-23(31)28-6)15-22-19(3)34-25(29-22)21-10-8-7-9-11-21/h7-13H,14-16H2,1-6H3,(H,28,31)(H,32,33). The van der Waals surface area contributed by atoms with Gasteiger partial charge < -0.3 is 19.6 Å². The summed E-state index contributed by atoms with van der Waals surface area (Å²) in [6.07, 6.45) is 0. The lowest BCUT2D eigenvalue weighted by atomic mass is 10.0. The van der Waals surface area contributed by atoms with Crippen LogP contribution in [0, 0.1) is 20.8 Å². The molecule has 0 spiro atoms. The Bertz CT molecular complexity index is 1180. The van der Waals surface area contributed by atoms with Gasteiger partial charge in [-0.2, -0.15) is 0 Å². The first-order valence-corrected chi connectivity index (χ1v) is 11.5. The Morgan fingerprint density at radius 2 is 1.71 bits per heavy atom. The van der Waals surface area contributed by atoms with E-state index in [0.29, 0.717) is 30.5 Å². The van der Waals surface area contributed by atoms with Crippen LogP contribution in [-0.4, -0.2) is 46.1 Å². The van der Waals surface area contributed by atoms with Crippen LogP contribution in [0.1, 0.15) is 42.0 Å². The summed E-state index contributed by atoms with van der Waals surface area (Å²) in [5.41, 5.74) is 2.96. The third-order valence-electron chi connectivity index (χ3n) is 5.73. The highest BCUT2D eigenvalue weighted by Crippen LogP contribution is 2.30. The maximum absolute atomic E-state index is 12.3. The Morgan fingerprint density at radius 1 is 1.09 bits per heavy atom. The number of nitrogens with zero attached hydrogens (tertiary/aromatic N) is 2. The van der Waals surface area contributed by atoms with E-state index in [1.807, 2.05) is 68.1 Å². The predicted octanol–water partition coefficient (Wildman–Crippen LogP) is 4.26. The Hall–Kier alpha value is -3.65. The van der Waals surface area contributed by atoms with Gasteiger partial charge in [-0.15, -0.1) is 0 Å². The molecule has 3 aromatic rings. The molecule has 0 aliphatic rings. The maximum Gasteiger partial charge on any atom is 0.347 e. The van der Waals surface area contributed by atoms with Gasteiger partial charge in [-0.05, 0) is 63.4 Å². The second-order valence-corrected chi connectivity index (χ2v) is 9.18. The lowest BCUT2D eigenvalue weighted by molar-refractivity contribution is -0.152. The minimum Gasteiger partial charge on any atom is -0.478 e. The van der Waals surface area contributed by atoms with Gasteiger partial charge in [0.1, 0.15) is 11.5 Å². The zero-order chi connectivity index (χ0) is 25.8. The smallest absolute Gasteiger partial charge is 0.347 e. The molecule has 0 bridgehead atoms. The van der Waals surface area contributed by atoms with Crippen molar-refractivity contribution in [3.8, 4) is 17.2 Å². The zero-order valence-electron chi connectivity index (χ0n) is 21.1. The van der Waals surface area contributed by atoms with E-state index in [1.165, 1.54) is 13.8 Å². The quantitative estimate of drug-likeness (QED) is 0.448. The van der Waals surface area contributed by atoms with Crippen molar-refractivity contribution >= 4 is 11.9 Å². The first kappa shape index (κ1) is 26.0. The molecular weight excluding hydrogens is 446 g/mol. The van der Waals surface area contributed by atoms with E-state index in [2.05, 4.69) is 10.3 Å². The summed E-state index contributed by atoms with van der Waals surface area (Å²) >= 11 is 0. The van der Waals surface area contributed by atoms with Gasteiger partial charge in [0.05, 0.1) is 12.2 Å². The van der Waals surface area contributed by atoms with Crippen molar-refractivity contribution in [3.05, 3.63) is 70.6 Å². The second kappa shape index (κ2) is 10.7. The number of oxazole rings is 1. The molecule has 35 heavy (non-hydrogen) atoms. The normalized spacial score (nSPS) is 11.5. The van der Waals surface area contributed by atoms with E-state index >= 15 is 0 Å². The average Bonchev–Trinajstić information content (AvgIpc) is 3.16. The number of carboxylic acids is 1. The van der Waals surface area contributed by atoms with E-state index in [0.717, 1.165) is 27.9 Å². The summed E-state index contributed by atoms with van der Waals surface area (Å²) in [6.45, 7) is 9.81. The number of aryl methyl sites for hydroxylation is 3. The molecule has 8 heteroatoms. The molecule has 2 N–H and O–H groups in total. The first-order valence-electron chi connectivity index (χ1n) is 11.5. The van der Waals surface area contributed by atoms with E-state index in [-0.39, 0.29) is 12.5 Å². The number of nitrogens with one attached hydrogen (secondary N) is 1. The Balaban J connectivity index is 1.85. The number of carboxylic acid groups (broad SMARTS) is 1. The van der Waals surface area contributed by atoms with Crippen molar-refractivity contribution in [2.45, 2.75) is 53.3 Å². The first-order chi connectivity index (χ1) is 16.5. The molecule has 0 fully saturated rings. The van der Waals surface area contributed by atoms with Crippen molar-refractivity contribution in [3.63, 3.8) is 0 Å². The molecule has 1 amide bonds. The van der Waals surface area contributed by atoms with Crippen LogP contribution in [0.2, 0.25) is 0 Å². The van der Waals surface area contributed by atoms with Crippen molar-refractivity contribution in [2.24, 2.45) is 0 Å². The van der Waals surface area contributed by atoms with Gasteiger partial charge in [-0.25, -0.2) is 9.78 Å². The number of likely N-dealkylation sites (N-methyl/N-ethyl adjacent to an activating group) is 1. The number of amides is 1. The number of aliphatic carboxylic acids is 1. The summed E-state index contributed by atoms with van der Waals surface area (Å²) in [7, 11) is 1.61. The molecule has 186 valence electrons. The third kappa shape index (κ3) is 6.48. The van der Waals surface area contributed by atoms with Crippen LogP contribution in [0.15, 0.2) is 46.9 Å². The molecule has 1 aromatic heterocycles. The molecular formula is C27H33N3O5. The maximum atomic E-state index is 12.3. The second-order valence-electron chi connectivity index (χ2n) is 9.18. The zero-order valence-corrected chi connectivity index (χ0v) is 21.1. The molecule has 8 nitrogen and oxygen atoms in total. The number of benzene rings is 2. The minimum absolute atomic E-state index is 0.106. The fraction of sp³-hybridized carbons (Fsp3) is 0.370. The third-order valence-corrected chi connectivity index (χ3v) is 5.73. The molecule has 0 aliphatic heterocycles. The molecule has 0 unspecified atom stereocenters. The summed E-state index contributed by atoms with van der Waals surface area (Å²) in [5, 5.41) is 12.1. The number of hydrogen-bond acceptors (Lipinski definition) is 6. The highest BCUT2D eigenvalue weighted by molar-refractivity contribution is 5.77. The topological polar surface area (TPSA) is 105 Å². The van der Waals surface area contributed by atoms with Crippen molar-refractivity contribution in [2.75, 3.05) is 13.6 Å². The van der Waals surface area contributed by atoms with Gasteiger partial charge in [-0.3, -0.25) is 9.69 Å². The average molecular weight is 480 g/mol. The van der Waals surface area contributed by atoms with Crippen LogP contribution >= 0.6 is 0 Å². The fourth-order valence-corrected chi connectivity index (χ4v) is 3.79. The summed E-state index contributed by atoms with van der Waals surface area (Å²) in [4.78, 5) is 30.4. The molecule has 3 rings (SSSR count). The molecule has 0 saturated heterocycles. The number of carbonyl (C=O) groups is 2. The Kier molecular flexibility index (Phi) is 7.96. The van der Waals surface area contributed by atoms with Gasteiger partial charge in [-0.1, -0.05) is 30.3 Å². The SMILES string of the molecule is CNC(=O)CN(Cc1cc(C)c(OC(C)(C)C(=O)O)c(C)c1)Cc1nc(-c2ccccc2)oc1C. The Morgan fingerprint density at radius 3 is 2.29 bits per heavy atom. The lowest BCUT2D eigenvalue weighted by Crippen LogP contribution is -2.38.